The summed E-state index contributed by atoms with van der Waals surface area (Å²) in [6.45, 7) is 1.93. The molecular formula is C14H12N2O4. The summed E-state index contributed by atoms with van der Waals surface area (Å²) < 4.78 is 0. The van der Waals surface area contributed by atoms with Crippen molar-refractivity contribution >= 4 is 23.0 Å². The minimum Gasteiger partial charge on any atom is -0.478 e. The van der Waals surface area contributed by atoms with Gasteiger partial charge in [-0.1, -0.05) is 17.7 Å². The topological polar surface area (TPSA) is 92.5 Å². The second kappa shape index (κ2) is 5.40. The van der Waals surface area contributed by atoms with Crippen LogP contribution in [0.15, 0.2) is 42.5 Å². The van der Waals surface area contributed by atoms with E-state index in [4.69, 9.17) is 5.11 Å². The van der Waals surface area contributed by atoms with Gasteiger partial charge in [-0.05, 0) is 31.2 Å². The van der Waals surface area contributed by atoms with Crippen LogP contribution in [0.1, 0.15) is 15.9 Å². The molecule has 0 radical (unpaired) electrons. The van der Waals surface area contributed by atoms with Gasteiger partial charge in [0.15, 0.2) is 0 Å². The second-order valence-corrected chi connectivity index (χ2v) is 4.29. The Morgan fingerprint density at radius 3 is 2.40 bits per heavy atom. The van der Waals surface area contributed by atoms with E-state index in [9.17, 15) is 14.9 Å². The molecule has 0 aromatic heterocycles. The van der Waals surface area contributed by atoms with Crippen LogP contribution in [0.4, 0.5) is 17.1 Å². The van der Waals surface area contributed by atoms with Crippen molar-refractivity contribution in [3.63, 3.8) is 0 Å². The number of carboxylic acids is 1. The van der Waals surface area contributed by atoms with Crippen LogP contribution in [0.2, 0.25) is 0 Å². The lowest BCUT2D eigenvalue weighted by atomic mass is 10.1. The first-order valence-electron chi connectivity index (χ1n) is 5.83. The quantitative estimate of drug-likeness (QED) is 0.657. The van der Waals surface area contributed by atoms with Crippen LogP contribution < -0.4 is 5.32 Å². The highest BCUT2D eigenvalue weighted by Gasteiger charge is 2.16. The molecule has 0 bridgehead atoms. The van der Waals surface area contributed by atoms with Crippen LogP contribution in [-0.4, -0.2) is 16.0 Å². The first-order valence-corrected chi connectivity index (χ1v) is 5.83. The maximum absolute atomic E-state index is 11.0. The van der Waals surface area contributed by atoms with Crippen molar-refractivity contribution in [2.45, 2.75) is 6.92 Å². The molecular weight excluding hydrogens is 260 g/mol. The molecule has 0 aliphatic heterocycles. The molecule has 0 saturated carbocycles. The van der Waals surface area contributed by atoms with Gasteiger partial charge in [-0.15, -0.1) is 0 Å². The van der Waals surface area contributed by atoms with E-state index in [1.54, 1.807) is 12.1 Å². The summed E-state index contributed by atoms with van der Waals surface area (Å²) >= 11 is 0. The van der Waals surface area contributed by atoms with Gasteiger partial charge in [0, 0.05) is 11.8 Å². The number of rotatable bonds is 4. The number of hydrogen-bond donors (Lipinski definition) is 2. The highest BCUT2D eigenvalue weighted by molar-refractivity contribution is 5.90. The van der Waals surface area contributed by atoms with Crippen molar-refractivity contribution < 1.29 is 14.8 Å². The Morgan fingerprint density at radius 2 is 1.85 bits per heavy atom. The predicted molar refractivity (Wildman–Crippen MR) is 74.5 cm³/mol. The number of nitrogens with one attached hydrogen (secondary N) is 1. The van der Waals surface area contributed by atoms with Crippen molar-refractivity contribution in [3.8, 4) is 0 Å². The molecule has 0 amide bonds. The van der Waals surface area contributed by atoms with Crippen molar-refractivity contribution in [1.29, 1.82) is 0 Å². The largest absolute Gasteiger partial charge is 0.478 e. The van der Waals surface area contributed by atoms with Crippen molar-refractivity contribution in [2.24, 2.45) is 0 Å². The van der Waals surface area contributed by atoms with Gasteiger partial charge in [-0.3, -0.25) is 10.1 Å². The molecule has 0 heterocycles. The van der Waals surface area contributed by atoms with Crippen LogP contribution in [0.5, 0.6) is 0 Å². The zero-order chi connectivity index (χ0) is 14.7. The van der Waals surface area contributed by atoms with E-state index in [2.05, 4.69) is 5.32 Å². The van der Waals surface area contributed by atoms with Gasteiger partial charge in [0.2, 0.25) is 0 Å². The monoisotopic (exact) mass is 272 g/mol. The third-order valence-corrected chi connectivity index (χ3v) is 2.77. The van der Waals surface area contributed by atoms with E-state index < -0.39 is 10.9 Å². The van der Waals surface area contributed by atoms with Gasteiger partial charge in [0.05, 0.1) is 10.5 Å². The number of benzene rings is 2. The molecule has 20 heavy (non-hydrogen) atoms. The summed E-state index contributed by atoms with van der Waals surface area (Å²) in [5.74, 6) is -1.13. The van der Waals surface area contributed by atoms with Gasteiger partial charge in [0.1, 0.15) is 5.69 Å². The highest BCUT2D eigenvalue weighted by Crippen LogP contribution is 2.28. The van der Waals surface area contributed by atoms with Crippen LogP contribution in [0.25, 0.3) is 0 Å². The number of nitro benzene ring substituents is 1. The molecule has 2 rings (SSSR count). The average Bonchev–Trinajstić information content (AvgIpc) is 2.41. The fourth-order valence-electron chi connectivity index (χ4n) is 1.72. The summed E-state index contributed by atoms with van der Waals surface area (Å²) in [5.41, 5.74) is 1.69. The number of aromatic carboxylic acids is 1. The molecule has 0 fully saturated rings. The summed E-state index contributed by atoms with van der Waals surface area (Å²) in [5, 5.41) is 22.8. The van der Waals surface area contributed by atoms with Crippen LogP contribution in [0, 0.1) is 17.0 Å². The van der Waals surface area contributed by atoms with Crippen LogP contribution in [0.3, 0.4) is 0 Å². The van der Waals surface area contributed by atoms with Gasteiger partial charge in [-0.25, -0.2) is 4.79 Å². The van der Waals surface area contributed by atoms with E-state index in [1.165, 1.54) is 18.2 Å². The fraction of sp³-hybridized carbons (Fsp3) is 0.0714. The SMILES string of the molecule is Cc1ccc(Nc2cc(C(=O)O)ccc2[N+](=O)[O-])cc1. The molecule has 102 valence electrons. The van der Waals surface area contributed by atoms with Crippen LogP contribution >= 0.6 is 0 Å². The first kappa shape index (κ1) is 13.5. The number of hydrogen-bond acceptors (Lipinski definition) is 4. The Morgan fingerprint density at radius 1 is 1.20 bits per heavy atom. The number of anilines is 2. The molecule has 0 saturated heterocycles. The molecule has 0 atom stereocenters. The number of nitro groups is 1. The molecule has 2 N–H and O–H groups in total. The Hall–Kier alpha value is -2.89. The molecule has 0 spiro atoms. The van der Waals surface area contributed by atoms with Crippen molar-refractivity contribution in [3.05, 3.63) is 63.7 Å². The molecule has 6 nitrogen and oxygen atoms in total. The average molecular weight is 272 g/mol. The number of carboxylic acid groups (broad SMARTS) is 1. The highest BCUT2D eigenvalue weighted by atomic mass is 16.6. The summed E-state index contributed by atoms with van der Waals surface area (Å²) in [6, 6.07) is 10.9. The minimum atomic E-state index is -1.13. The Balaban J connectivity index is 2.41. The lowest BCUT2D eigenvalue weighted by molar-refractivity contribution is -0.383. The van der Waals surface area contributed by atoms with Gasteiger partial charge < -0.3 is 10.4 Å². The van der Waals surface area contributed by atoms with E-state index in [0.717, 1.165) is 5.56 Å². The normalized spacial score (nSPS) is 10.1. The maximum atomic E-state index is 11.0. The van der Waals surface area contributed by atoms with Gasteiger partial charge in [-0.2, -0.15) is 0 Å². The Bertz CT molecular complexity index is 665. The lowest BCUT2D eigenvalue weighted by Crippen LogP contribution is -2.01. The zero-order valence-corrected chi connectivity index (χ0v) is 10.7. The second-order valence-electron chi connectivity index (χ2n) is 4.29. The third kappa shape index (κ3) is 2.92. The van der Waals surface area contributed by atoms with Crippen LogP contribution in [-0.2, 0) is 0 Å². The smallest absolute Gasteiger partial charge is 0.335 e. The fourth-order valence-corrected chi connectivity index (χ4v) is 1.72. The third-order valence-electron chi connectivity index (χ3n) is 2.77. The summed E-state index contributed by atoms with van der Waals surface area (Å²) in [4.78, 5) is 21.3. The molecule has 6 heteroatoms. The number of nitrogens with zero attached hydrogens (tertiary/aromatic N) is 1. The zero-order valence-electron chi connectivity index (χ0n) is 10.7. The summed E-state index contributed by atoms with van der Waals surface area (Å²) in [7, 11) is 0. The predicted octanol–water partition coefficient (Wildman–Crippen LogP) is 3.35. The standard InChI is InChI=1S/C14H12N2O4/c1-9-2-5-11(6-3-9)15-12-8-10(14(17)18)4-7-13(12)16(19)20/h2-8,15H,1H3,(H,17,18). The minimum absolute atomic E-state index is 0.00906. The Labute approximate surface area is 114 Å². The number of aryl methyl sites for hydroxylation is 1. The first-order chi connectivity index (χ1) is 9.47. The molecule has 2 aromatic carbocycles. The summed E-state index contributed by atoms with van der Waals surface area (Å²) in [6.07, 6.45) is 0. The van der Waals surface area contributed by atoms with E-state index in [0.29, 0.717) is 5.69 Å². The number of carbonyl (C=O) groups is 1. The van der Waals surface area contributed by atoms with Gasteiger partial charge >= 0.3 is 5.97 Å². The Kier molecular flexibility index (Phi) is 3.65. The molecule has 0 aliphatic carbocycles. The maximum Gasteiger partial charge on any atom is 0.335 e. The van der Waals surface area contributed by atoms with E-state index >= 15 is 0 Å². The molecule has 2 aromatic rings. The molecule has 0 aliphatic rings. The van der Waals surface area contributed by atoms with E-state index in [-0.39, 0.29) is 16.9 Å². The van der Waals surface area contributed by atoms with Crippen molar-refractivity contribution in [1.82, 2.24) is 0 Å². The van der Waals surface area contributed by atoms with E-state index in [1.807, 2.05) is 19.1 Å². The van der Waals surface area contributed by atoms with Gasteiger partial charge in [0.25, 0.3) is 5.69 Å². The van der Waals surface area contributed by atoms with Crippen molar-refractivity contribution in [2.75, 3.05) is 5.32 Å². The molecule has 0 unspecified atom stereocenters. The lowest BCUT2D eigenvalue weighted by Gasteiger charge is -2.08.